The molecule has 0 unspecified atom stereocenters. The number of hydrogen-bond acceptors (Lipinski definition) is 18. The van der Waals surface area contributed by atoms with Crippen molar-refractivity contribution in [3.8, 4) is 0 Å². The number of ether oxygens (including phenoxy) is 8. The molecule has 3 saturated heterocycles. The van der Waals surface area contributed by atoms with Gasteiger partial charge in [0.05, 0.1) is 31.5 Å². The summed E-state index contributed by atoms with van der Waals surface area (Å²) in [6.07, 6.45) is -9.30. The monoisotopic (exact) mass is 910 g/mol. The number of carbonyl (C=O) groups is 3. The average Bonchev–Trinajstić information content (AvgIpc) is 3.68. The molecule has 8 aliphatic rings. The summed E-state index contributed by atoms with van der Waals surface area (Å²) in [5.41, 5.74) is -0.0371. The van der Waals surface area contributed by atoms with Crippen molar-refractivity contribution in [2.24, 2.45) is 39.9 Å². The van der Waals surface area contributed by atoms with Gasteiger partial charge in [-0.05, 0) is 106 Å². The van der Waals surface area contributed by atoms with Gasteiger partial charge in [-0.25, -0.2) is 4.79 Å². The first-order valence-electron chi connectivity index (χ1n) is 23.4. The Hall–Kier alpha value is -2.01. The maximum absolute atomic E-state index is 14.9. The number of aliphatic hydroxyl groups is 7. The van der Waals surface area contributed by atoms with Gasteiger partial charge in [-0.15, -0.1) is 0 Å². The van der Waals surface area contributed by atoms with Crippen LogP contribution in [-0.4, -0.2) is 172 Å². The lowest BCUT2D eigenvalue weighted by atomic mass is 9.36. The van der Waals surface area contributed by atoms with E-state index in [9.17, 15) is 50.1 Å². The predicted molar refractivity (Wildman–Crippen MR) is 219 cm³/mol. The van der Waals surface area contributed by atoms with Crippen molar-refractivity contribution < 1.29 is 88.0 Å². The van der Waals surface area contributed by atoms with Crippen LogP contribution in [0.4, 0.5) is 0 Å². The molecule has 0 radical (unpaired) electrons. The van der Waals surface area contributed by atoms with Crippen molar-refractivity contribution in [2.75, 3.05) is 26.9 Å². The largest absolute Gasteiger partial charge is 0.458 e. The average molecular weight is 911 g/mol. The maximum atomic E-state index is 14.9. The second kappa shape index (κ2) is 18.8. The number of Topliss-reactive ketones (excluding diaryl/α,β-unsaturated/α-hetero) is 2. The van der Waals surface area contributed by atoms with Crippen LogP contribution < -0.4 is 0 Å². The van der Waals surface area contributed by atoms with E-state index in [1.54, 1.807) is 19.9 Å². The first kappa shape index (κ1) is 48.4. The summed E-state index contributed by atoms with van der Waals surface area (Å²) in [5.74, 6) is 0.611. The molecule has 22 atom stereocenters. The van der Waals surface area contributed by atoms with E-state index in [1.165, 1.54) is 7.11 Å². The van der Waals surface area contributed by atoms with Gasteiger partial charge in [0, 0.05) is 36.9 Å². The number of aliphatic hydroxyl groups excluding tert-OH is 7. The molecule has 4 aliphatic heterocycles. The number of methoxy groups -OCH3 is 1. The molecule has 0 aromatic carbocycles. The summed E-state index contributed by atoms with van der Waals surface area (Å²) in [7, 11) is 1.51. The first-order valence-corrected chi connectivity index (χ1v) is 23.4. The van der Waals surface area contributed by atoms with Crippen molar-refractivity contribution in [1.29, 1.82) is 0 Å². The molecule has 0 amide bonds. The molecule has 4 saturated carbocycles. The minimum Gasteiger partial charge on any atom is -0.458 e. The summed E-state index contributed by atoms with van der Waals surface area (Å²) in [6, 6.07) is 0. The van der Waals surface area contributed by atoms with Crippen LogP contribution in [-0.2, 0) is 52.3 Å². The quantitative estimate of drug-likeness (QED) is 0.0985. The number of ketones is 2. The van der Waals surface area contributed by atoms with Crippen molar-refractivity contribution >= 4 is 17.5 Å². The zero-order chi connectivity index (χ0) is 46.0. The Morgan fingerprint density at radius 3 is 2.17 bits per heavy atom. The van der Waals surface area contributed by atoms with Gasteiger partial charge < -0.3 is 78.4 Å². The molecule has 18 heteroatoms. The molecule has 4 aliphatic carbocycles. The Bertz CT molecular complexity index is 1740. The maximum Gasteiger partial charge on any atom is 0.331 e. The van der Waals surface area contributed by atoms with Crippen LogP contribution in [0.3, 0.4) is 0 Å². The summed E-state index contributed by atoms with van der Waals surface area (Å²) in [4.78, 5) is 39.7. The van der Waals surface area contributed by atoms with Crippen LogP contribution in [0.15, 0.2) is 11.6 Å². The summed E-state index contributed by atoms with van der Waals surface area (Å²) in [6.45, 7) is 7.03. The van der Waals surface area contributed by atoms with E-state index in [2.05, 4.69) is 13.8 Å². The fraction of sp³-hybridized carbons (Fsp3) is 0.891. The summed E-state index contributed by atoms with van der Waals surface area (Å²) in [5, 5.41) is 72.8. The van der Waals surface area contributed by atoms with Crippen LogP contribution in [0.25, 0.3) is 0 Å². The molecule has 4 heterocycles. The second-order valence-corrected chi connectivity index (χ2v) is 20.7. The first-order chi connectivity index (χ1) is 30.3. The Balaban J connectivity index is 0.910. The van der Waals surface area contributed by atoms with Gasteiger partial charge in [0.2, 0.25) is 0 Å². The van der Waals surface area contributed by atoms with Gasteiger partial charge >= 0.3 is 5.97 Å². The van der Waals surface area contributed by atoms with E-state index in [0.717, 1.165) is 50.5 Å². The fourth-order valence-corrected chi connectivity index (χ4v) is 13.7. The topological polar surface area (TPSA) is 267 Å². The third kappa shape index (κ3) is 8.58. The highest BCUT2D eigenvalue weighted by Gasteiger charge is 2.68. The molecule has 8 rings (SSSR count). The number of rotatable bonds is 13. The number of carbonyl (C=O) groups excluding carboxylic acids is 3. The van der Waals surface area contributed by atoms with Crippen LogP contribution in [0.5, 0.6) is 0 Å². The molecule has 7 N–H and O–H groups in total. The summed E-state index contributed by atoms with van der Waals surface area (Å²) >= 11 is 0. The molecular formula is C46H70O18. The third-order valence-corrected chi connectivity index (χ3v) is 17.2. The van der Waals surface area contributed by atoms with Crippen LogP contribution in [0, 0.1) is 39.9 Å². The van der Waals surface area contributed by atoms with E-state index in [1.807, 2.05) is 0 Å². The van der Waals surface area contributed by atoms with Crippen molar-refractivity contribution in [2.45, 2.75) is 190 Å². The fourth-order valence-electron chi connectivity index (χ4n) is 13.7. The molecule has 64 heavy (non-hydrogen) atoms. The molecule has 362 valence electrons. The lowest BCUT2D eigenvalue weighted by Gasteiger charge is -2.67. The van der Waals surface area contributed by atoms with Gasteiger partial charge in [0.15, 0.2) is 18.9 Å². The van der Waals surface area contributed by atoms with Crippen molar-refractivity contribution in [3.63, 3.8) is 0 Å². The SMILES string of the molecule is CO[C@@H]1C[C@@H](O[C@H]2CC[C@]3(C)[C@@H]4CC[C@@]5(C)C(=O)[C@]4(CC[C@@H]5CC4=CC(=O)OC4)CC[C@H]3[C@H]2CC(C)=O)O[C@H](C)[C@H]1O[C@@H]1O[C@H](CO[C@@H]2O[C@H](CO)[C@@H](O)[C@H](O)[C@H]2O)[C@@H](O)[C@H](O)[C@H]1O. The highest BCUT2D eigenvalue weighted by molar-refractivity contribution is 5.92. The Morgan fingerprint density at radius 1 is 0.812 bits per heavy atom. The summed E-state index contributed by atoms with van der Waals surface area (Å²) < 4.78 is 47.5. The van der Waals surface area contributed by atoms with E-state index < -0.39 is 110 Å². The van der Waals surface area contributed by atoms with Crippen molar-refractivity contribution in [1.82, 2.24) is 0 Å². The molecule has 18 nitrogen and oxygen atoms in total. The number of esters is 1. The van der Waals surface area contributed by atoms with Crippen LogP contribution in [0.1, 0.15) is 98.3 Å². The minimum absolute atomic E-state index is 0.0796. The highest BCUT2D eigenvalue weighted by Crippen LogP contribution is 2.71. The van der Waals surface area contributed by atoms with E-state index >= 15 is 0 Å². The van der Waals surface area contributed by atoms with Gasteiger partial charge in [0.1, 0.15) is 73.1 Å². The van der Waals surface area contributed by atoms with Gasteiger partial charge in [-0.3, -0.25) is 4.79 Å². The Morgan fingerprint density at radius 2 is 1.50 bits per heavy atom. The lowest BCUT2D eigenvalue weighted by Crippen LogP contribution is -2.65. The van der Waals surface area contributed by atoms with Gasteiger partial charge in [-0.1, -0.05) is 13.8 Å². The normalized spacial score (nSPS) is 50.6. The van der Waals surface area contributed by atoms with Gasteiger partial charge in [0.25, 0.3) is 0 Å². The number of fused-ring (bicyclic) bond motifs is 3. The predicted octanol–water partition coefficient (Wildman–Crippen LogP) is 0.591. The Labute approximate surface area is 373 Å². The molecule has 0 aromatic rings. The van der Waals surface area contributed by atoms with E-state index in [4.69, 9.17) is 37.9 Å². The molecule has 0 aromatic heterocycles. The van der Waals surface area contributed by atoms with Gasteiger partial charge in [-0.2, -0.15) is 0 Å². The third-order valence-electron chi connectivity index (χ3n) is 17.2. The highest BCUT2D eigenvalue weighted by atomic mass is 16.8. The molecule has 7 fully saturated rings. The lowest BCUT2D eigenvalue weighted by molar-refractivity contribution is -0.355. The number of hydrogen-bond donors (Lipinski definition) is 7. The minimum atomic E-state index is -1.74. The second-order valence-electron chi connectivity index (χ2n) is 20.7. The molecular weight excluding hydrogens is 840 g/mol. The molecule has 2 bridgehead atoms. The number of cyclic esters (lactones) is 1. The smallest absolute Gasteiger partial charge is 0.331 e. The van der Waals surface area contributed by atoms with Crippen molar-refractivity contribution in [3.05, 3.63) is 11.6 Å². The van der Waals surface area contributed by atoms with Crippen LogP contribution >= 0.6 is 0 Å². The van der Waals surface area contributed by atoms with Crippen LogP contribution in [0.2, 0.25) is 0 Å². The molecule has 1 spiro atoms. The zero-order valence-electron chi connectivity index (χ0n) is 37.6. The van der Waals surface area contributed by atoms with E-state index in [0.29, 0.717) is 31.7 Å². The Kier molecular flexibility index (Phi) is 14.2. The van der Waals surface area contributed by atoms with E-state index in [-0.39, 0.29) is 53.4 Å². The zero-order valence-corrected chi connectivity index (χ0v) is 37.6. The standard InChI is InChI=1S/C46H70O18/c1-21(48)14-25-26-7-13-46-12-6-24(15-23-16-32(49)58-19-23)44(3,43(46)56)11-9-31(46)45(26,4)10-8-27(25)61-33-17-28(57-5)40(22(2)60-33)64-42-39(55)37(53)35(51)30(63-42)20-59-41-38(54)36(52)34(50)29(18-47)62-41/h16,22,24-31,33-42,47,50-55H,6-15,17-20H2,1-5H3/t22-,24-,25-,26+,27+,28-,29-,30-,31+,33-,34-,35-,36+,37+,38-,39-,40-,41-,42+,44-,45+,46-/m1/s1.